The summed E-state index contributed by atoms with van der Waals surface area (Å²) in [6, 6.07) is 15.7. The van der Waals surface area contributed by atoms with Crippen LogP contribution in [0, 0.1) is 0 Å². The largest absolute Gasteiger partial charge is 0.459 e. The minimum Gasteiger partial charge on any atom is -0.459 e. The van der Waals surface area contributed by atoms with Crippen LogP contribution in [0.4, 0.5) is 10.2 Å². The van der Waals surface area contributed by atoms with E-state index in [1.165, 1.54) is 38.0 Å². The maximum absolute atomic E-state index is 16.7. The van der Waals surface area contributed by atoms with E-state index in [2.05, 4.69) is 20.3 Å². The molecule has 208 valence electrons. The van der Waals surface area contributed by atoms with E-state index >= 15 is 4.39 Å². The van der Waals surface area contributed by atoms with E-state index in [0.29, 0.717) is 34.1 Å². The summed E-state index contributed by atoms with van der Waals surface area (Å²) in [6.45, 7) is 3.92. The van der Waals surface area contributed by atoms with Crippen LogP contribution in [-0.2, 0) is 25.5 Å². The van der Waals surface area contributed by atoms with E-state index < -0.39 is 35.5 Å². The lowest BCUT2D eigenvalue weighted by molar-refractivity contribution is -0.175. The Morgan fingerprint density at radius 2 is 1.90 bits per heavy atom. The van der Waals surface area contributed by atoms with Gasteiger partial charge in [-0.25, -0.2) is 24.1 Å². The molecule has 0 bridgehead atoms. The molecule has 0 unspecified atom stereocenters. The Balaban J connectivity index is 1.42. The highest BCUT2D eigenvalue weighted by Crippen LogP contribution is 2.51. The van der Waals surface area contributed by atoms with Gasteiger partial charge < -0.3 is 19.5 Å². The highest BCUT2D eigenvalue weighted by Gasteiger charge is 2.66. The summed E-state index contributed by atoms with van der Waals surface area (Å²) in [5.74, 6) is -0.895. The van der Waals surface area contributed by atoms with Gasteiger partial charge in [-0.15, -0.1) is 0 Å². The van der Waals surface area contributed by atoms with Gasteiger partial charge in [0.15, 0.2) is 34.5 Å². The monoisotopic (exact) mass is 567 g/mol. The molecule has 10 nitrogen and oxygen atoms in total. The molecule has 4 atom stereocenters. The minimum absolute atomic E-state index is 0.296. The lowest BCUT2D eigenvalue weighted by atomic mass is 9.84. The topological polar surface area (TPSA) is 117 Å². The van der Waals surface area contributed by atoms with Gasteiger partial charge in [-0.05, 0) is 43.7 Å². The number of carbonyl (C=O) groups excluding carboxylic acids is 2. The van der Waals surface area contributed by atoms with Crippen molar-refractivity contribution in [1.29, 1.82) is 0 Å². The van der Waals surface area contributed by atoms with Gasteiger partial charge in [-0.2, -0.15) is 0 Å². The number of nitrogens with zero attached hydrogens (tertiary/aromatic N) is 4. The van der Waals surface area contributed by atoms with Gasteiger partial charge in [0.05, 0.1) is 11.9 Å². The Labute approximate surface area is 234 Å². The quantitative estimate of drug-likeness (QED) is 0.297. The van der Waals surface area contributed by atoms with Crippen LogP contribution in [0.2, 0.25) is 5.02 Å². The summed E-state index contributed by atoms with van der Waals surface area (Å²) in [6.07, 6.45) is 0.260. The second kappa shape index (κ2) is 10.8. The molecule has 1 N–H and O–H groups in total. The predicted octanol–water partition coefficient (Wildman–Crippen LogP) is 4.90. The molecular weight excluding hydrogens is 541 g/mol. The number of rotatable bonds is 8. The number of esters is 2. The van der Waals surface area contributed by atoms with E-state index in [1.54, 1.807) is 36.4 Å². The number of aromatic nitrogens is 4. The zero-order chi connectivity index (χ0) is 28.5. The number of hydrogen-bond acceptors (Lipinski definition) is 9. The molecule has 1 saturated heterocycles. The Hall–Kier alpha value is -4.09. The molecule has 1 fully saturated rings. The van der Waals surface area contributed by atoms with Gasteiger partial charge in [0.1, 0.15) is 19.0 Å². The van der Waals surface area contributed by atoms with Gasteiger partial charge in [-0.1, -0.05) is 41.9 Å². The summed E-state index contributed by atoms with van der Waals surface area (Å²) in [5.41, 5.74) is -2.15. The number of hydrogen-bond donors (Lipinski definition) is 1. The summed E-state index contributed by atoms with van der Waals surface area (Å²) >= 11 is 6.08. The van der Waals surface area contributed by atoms with Gasteiger partial charge in [0.2, 0.25) is 0 Å². The molecule has 3 heterocycles. The fourth-order valence-corrected chi connectivity index (χ4v) is 4.97. The molecule has 40 heavy (non-hydrogen) atoms. The summed E-state index contributed by atoms with van der Waals surface area (Å²) in [4.78, 5) is 37.6. The van der Waals surface area contributed by atoms with Crippen molar-refractivity contribution in [3.8, 4) is 0 Å². The number of ether oxygens (including phenoxy) is 3. The average Bonchev–Trinajstić information content (AvgIpc) is 3.43. The summed E-state index contributed by atoms with van der Waals surface area (Å²) < 4.78 is 35.2. The smallest absolute Gasteiger partial charge is 0.338 e. The Morgan fingerprint density at radius 3 is 2.62 bits per heavy atom. The third-order valence-corrected chi connectivity index (χ3v) is 7.27. The summed E-state index contributed by atoms with van der Waals surface area (Å²) in [7, 11) is 0. The van der Waals surface area contributed by atoms with Crippen LogP contribution in [-0.4, -0.2) is 55.4 Å². The number of imidazole rings is 1. The Bertz CT molecular complexity index is 1550. The number of benzene rings is 2. The maximum atomic E-state index is 16.7. The van der Waals surface area contributed by atoms with Gasteiger partial charge in [-0.3, -0.25) is 9.36 Å². The highest BCUT2D eigenvalue weighted by molar-refractivity contribution is 6.30. The van der Waals surface area contributed by atoms with Crippen molar-refractivity contribution in [3.63, 3.8) is 0 Å². The predicted molar refractivity (Wildman–Crippen MR) is 144 cm³/mol. The molecule has 12 heteroatoms. The SMILES string of the molecule is CC(=O)O[C@@]1(C)[C@@H](COC(=O)c2ccccc2)O[C@H](n2cnc3c(NCc4cccc(Cl)c4)ncnc32)[C@]1(C)F. The maximum Gasteiger partial charge on any atom is 0.338 e. The van der Waals surface area contributed by atoms with Crippen molar-refractivity contribution >= 4 is 40.5 Å². The third-order valence-electron chi connectivity index (χ3n) is 7.03. The van der Waals surface area contributed by atoms with Crippen molar-refractivity contribution in [2.45, 2.75) is 50.9 Å². The zero-order valence-electron chi connectivity index (χ0n) is 22.0. The molecular formula is C28H27ClFN5O5. The van der Waals surface area contributed by atoms with Crippen molar-refractivity contribution in [3.05, 3.63) is 83.4 Å². The van der Waals surface area contributed by atoms with Gasteiger partial charge in [0, 0.05) is 18.5 Å². The second-order valence-corrected chi connectivity index (χ2v) is 10.2. The van der Waals surface area contributed by atoms with E-state index in [0.717, 1.165) is 5.56 Å². The fraction of sp³-hybridized carbons (Fsp3) is 0.321. The first-order valence-electron chi connectivity index (χ1n) is 12.5. The number of fused-ring (bicyclic) bond motifs is 1. The van der Waals surface area contributed by atoms with Crippen LogP contribution in [0.15, 0.2) is 67.3 Å². The normalized spacial score (nSPS) is 24.1. The fourth-order valence-electron chi connectivity index (χ4n) is 4.76. The highest BCUT2D eigenvalue weighted by atomic mass is 35.5. The van der Waals surface area contributed by atoms with Crippen molar-refractivity contribution < 1.29 is 28.2 Å². The van der Waals surface area contributed by atoms with E-state index in [9.17, 15) is 9.59 Å². The number of nitrogens with one attached hydrogen (secondary N) is 1. The molecule has 0 spiro atoms. The molecule has 0 amide bonds. The van der Waals surface area contributed by atoms with Crippen LogP contribution in [0.1, 0.15) is 42.9 Å². The van der Waals surface area contributed by atoms with Crippen LogP contribution >= 0.6 is 11.6 Å². The molecule has 4 aromatic rings. The van der Waals surface area contributed by atoms with Gasteiger partial charge >= 0.3 is 11.9 Å². The number of anilines is 1. The average molecular weight is 568 g/mol. The number of alkyl halides is 1. The Morgan fingerprint density at radius 1 is 1.12 bits per heavy atom. The summed E-state index contributed by atoms with van der Waals surface area (Å²) in [5, 5.41) is 3.82. The minimum atomic E-state index is -2.28. The van der Waals surface area contributed by atoms with Gasteiger partial charge in [0.25, 0.3) is 0 Å². The lowest BCUT2D eigenvalue weighted by Crippen LogP contribution is -2.55. The second-order valence-electron chi connectivity index (χ2n) is 9.75. The first kappa shape index (κ1) is 27.5. The molecule has 2 aromatic carbocycles. The first-order chi connectivity index (χ1) is 19.1. The van der Waals surface area contributed by atoms with Crippen LogP contribution in [0.3, 0.4) is 0 Å². The standard InChI is InChI=1S/C28H27ClFN5O5/c1-17(36)40-28(3)21(14-38-25(37)19-9-5-4-6-10-19)39-26(27(28,2)30)35-16-34-22-23(32-15-33-24(22)35)31-13-18-8-7-11-20(29)12-18/h4-12,15-16,21,26H,13-14H2,1-3H3,(H,31,32,33)/t21-,26+,27+,28+/m1/s1. The third kappa shape index (κ3) is 5.09. The first-order valence-corrected chi connectivity index (χ1v) is 12.9. The van der Waals surface area contributed by atoms with E-state index in [4.69, 9.17) is 25.8 Å². The Kier molecular flexibility index (Phi) is 7.43. The number of halogens is 2. The molecule has 1 aliphatic rings. The molecule has 1 aliphatic heterocycles. The van der Waals surface area contributed by atoms with E-state index in [-0.39, 0.29) is 6.61 Å². The molecule has 2 aromatic heterocycles. The van der Waals surface area contributed by atoms with Crippen molar-refractivity contribution in [2.75, 3.05) is 11.9 Å². The zero-order valence-corrected chi connectivity index (χ0v) is 22.8. The number of carbonyl (C=O) groups is 2. The molecule has 5 rings (SSSR count). The van der Waals surface area contributed by atoms with Crippen molar-refractivity contribution in [2.24, 2.45) is 0 Å². The van der Waals surface area contributed by atoms with Crippen LogP contribution < -0.4 is 5.32 Å². The van der Waals surface area contributed by atoms with Crippen molar-refractivity contribution in [1.82, 2.24) is 19.5 Å². The van der Waals surface area contributed by atoms with Crippen LogP contribution in [0.5, 0.6) is 0 Å². The molecule has 0 aliphatic carbocycles. The molecule has 0 radical (unpaired) electrons. The molecule has 0 saturated carbocycles. The van der Waals surface area contributed by atoms with E-state index in [1.807, 2.05) is 18.2 Å². The lowest BCUT2D eigenvalue weighted by Gasteiger charge is -2.36. The van der Waals surface area contributed by atoms with Crippen LogP contribution in [0.25, 0.3) is 11.2 Å².